The first-order valence-electron chi connectivity index (χ1n) is 9.76. The number of piperidine rings is 1. The average Bonchev–Trinajstić information content (AvgIpc) is 3.24. The van der Waals surface area contributed by atoms with Crippen molar-refractivity contribution in [2.45, 2.75) is 32.2 Å². The quantitative estimate of drug-likeness (QED) is 0.689. The lowest BCUT2D eigenvalue weighted by atomic mass is 10.0. The number of hydrogen-bond acceptors (Lipinski definition) is 5. The minimum atomic E-state index is -0.236. The zero-order valence-corrected chi connectivity index (χ0v) is 16.6. The highest BCUT2D eigenvalue weighted by atomic mass is 16.5. The van der Waals surface area contributed by atoms with Crippen LogP contribution in [0, 0.1) is 6.92 Å². The summed E-state index contributed by atoms with van der Waals surface area (Å²) >= 11 is 0. The summed E-state index contributed by atoms with van der Waals surface area (Å²) in [6.45, 7) is 2.67. The number of nitrogens with zero attached hydrogens (tertiary/aromatic N) is 3. The van der Waals surface area contributed by atoms with Gasteiger partial charge in [-0.3, -0.25) is 0 Å². The van der Waals surface area contributed by atoms with Crippen LogP contribution in [0.2, 0.25) is 0 Å². The standard InChI is InChI=1S/C22H24N4O3/c1-15-7-5-8-16(13-15)20-24-21(29-25-20)19-11-3-4-12-26(19)22(27)23-17-9-6-10-18(14-17)28-2/h5-10,13-14,19H,3-4,11-12H2,1-2H3,(H,23,27). The van der Waals surface area contributed by atoms with Gasteiger partial charge in [-0.15, -0.1) is 0 Å². The van der Waals surface area contributed by atoms with Crippen molar-refractivity contribution >= 4 is 11.7 Å². The van der Waals surface area contributed by atoms with Crippen molar-refractivity contribution in [1.29, 1.82) is 0 Å². The predicted molar refractivity (Wildman–Crippen MR) is 110 cm³/mol. The summed E-state index contributed by atoms with van der Waals surface area (Å²) in [6, 6.07) is 14.9. The molecule has 0 radical (unpaired) electrons. The third kappa shape index (κ3) is 4.23. The van der Waals surface area contributed by atoms with Crippen LogP contribution < -0.4 is 10.1 Å². The molecule has 0 aliphatic carbocycles. The summed E-state index contributed by atoms with van der Waals surface area (Å²) < 4.78 is 10.8. The number of amides is 2. The van der Waals surface area contributed by atoms with Crippen LogP contribution in [0.1, 0.15) is 36.8 Å². The number of ether oxygens (including phenoxy) is 1. The molecule has 1 atom stereocenters. The number of carbonyl (C=O) groups excluding carboxylic acids is 1. The maximum absolute atomic E-state index is 13.0. The van der Waals surface area contributed by atoms with Gasteiger partial charge in [0.05, 0.1) is 7.11 Å². The van der Waals surface area contributed by atoms with Gasteiger partial charge in [0, 0.05) is 23.9 Å². The van der Waals surface area contributed by atoms with Crippen LogP contribution in [-0.4, -0.2) is 34.7 Å². The number of aryl methyl sites for hydroxylation is 1. The zero-order chi connectivity index (χ0) is 20.2. The second kappa shape index (κ2) is 8.34. The van der Waals surface area contributed by atoms with E-state index in [1.165, 1.54) is 0 Å². The summed E-state index contributed by atoms with van der Waals surface area (Å²) in [7, 11) is 1.60. The Morgan fingerprint density at radius 2 is 2.07 bits per heavy atom. The molecule has 7 nitrogen and oxygen atoms in total. The molecule has 1 N–H and O–H groups in total. The maximum Gasteiger partial charge on any atom is 0.322 e. The highest BCUT2D eigenvalue weighted by molar-refractivity contribution is 5.89. The first-order valence-corrected chi connectivity index (χ1v) is 9.76. The van der Waals surface area contributed by atoms with Crippen molar-refractivity contribution in [3.05, 3.63) is 60.0 Å². The number of aromatic nitrogens is 2. The van der Waals surface area contributed by atoms with E-state index in [4.69, 9.17) is 9.26 Å². The first-order chi connectivity index (χ1) is 14.1. The van der Waals surface area contributed by atoms with Crippen molar-refractivity contribution < 1.29 is 14.1 Å². The molecule has 1 aliphatic heterocycles. The van der Waals surface area contributed by atoms with E-state index in [-0.39, 0.29) is 12.1 Å². The molecule has 1 saturated heterocycles. The van der Waals surface area contributed by atoms with Crippen molar-refractivity contribution in [3.8, 4) is 17.1 Å². The minimum Gasteiger partial charge on any atom is -0.497 e. The molecule has 0 spiro atoms. The molecule has 1 unspecified atom stereocenters. The van der Waals surface area contributed by atoms with Crippen molar-refractivity contribution in [3.63, 3.8) is 0 Å². The Kier molecular flexibility index (Phi) is 5.46. The van der Waals surface area contributed by atoms with Crippen LogP contribution >= 0.6 is 0 Å². The predicted octanol–water partition coefficient (Wildman–Crippen LogP) is 4.81. The van der Waals surface area contributed by atoms with E-state index in [1.54, 1.807) is 18.1 Å². The molecule has 1 aromatic heterocycles. The Morgan fingerprint density at radius 1 is 1.21 bits per heavy atom. The molecular weight excluding hydrogens is 368 g/mol. The van der Waals surface area contributed by atoms with Gasteiger partial charge in [-0.05, 0) is 44.4 Å². The lowest BCUT2D eigenvalue weighted by Gasteiger charge is -2.33. The lowest BCUT2D eigenvalue weighted by molar-refractivity contribution is 0.142. The van der Waals surface area contributed by atoms with E-state index in [0.717, 1.165) is 30.4 Å². The number of benzene rings is 2. The fourth-order valence-electron chi connectivity index (χ4n) is 3.60. The fourth-order valence-corrected chi connectivity index (χ4v) is 3.60. The number of anilines is 1. The number of carbonyl (C=O) groups is 1. The average molecular weight is 392 g/mol. The van der Waals surface area contributed by atoms with E-state index in [2.05, 4.69) is 15.5 Å². The van der Waals surface area contributed by atoms with Crippen molar-refractivity contribution in [2.75, 3.05) is 19.0 Å². The first kappa shape index (κ1) is 19.0. The summed E-state index contributed by atoms with van der Waals surface area (Å²) in [5, 5.41) is 7.09. The Hall–Kier alpha value is -3.35. The van der Waals surface area contributed by atoms with Gasteiger partial charge < -0.3 is 19.5 Å². The monoisotopic (exact) mass is 392 g/mol. The molecule has 29 heavy (non-hydrogen) atoms. The molecule has 0 saturated carbocycles. The SMILES string of the molecule is COc1cccc(NC(=O)N2CCCCC2c2nc(-c3cccc(C)c3)no2)c1. The normalized spacial score (nSPS) is 16.5. The molecule has 0 bridgehead atoms. The van der Waals surface area contributed by atoms with Crippen LogP contribution in [0.4, 0.5) is 10.5 Å². The number of hydrogen-bond donors (Lipinski definition) is 1. The Bertz CT molecular complexity index is 1000. The Labute approximate surface area is 169 Å². The number of urea groups is 1. The van der Waals surface area contributed by atoms with E-state index in [1.807, 2.05) is 49.4 Å². The zero-order valence-electron chi connectivity index (χ0n) is 16.6. The van der Waals surface area contributed by atoms with Crippen LogP contribution in [0.15, 0.2) is 53.1 Å². The molecule has 2 amide bonds. The lowest BCUT2D eigenvalue weighted by Crippen LogP contribution is -2.41. The summed E-state index contributed by atoms with van der Waals surface area (Å²) in [6.07, 6.45) is 2.75. The van der Waals surface area contributed by atoms with Crippen LogP contribution in [0.3, 0.4) is 0 Å². The molecule has 150 valence electrons. The van der Waals surface area contributed by atoms with Gasteiger partial charge >= 0.3 is 6.03 Å². The smallest absolute Gasteiger partial charge is 0.322 e. The molecule has 4 rings (SSSR count). The third-order valence-corrected chi connectivity index (χ3v) is 5.09. The largest absolute Gasteiger partial charge is 0.497 e. The van der Waals surface area contributed by atoms with E-state index in [9.17, 15) is 4.79 Å². The number of likely N-dealkylation sites (tertiary alicyclic amines) is 1. The Morgan fingerprint density at radius 3 is 2.90 bits per heavy atom. The van der Waals surface area contributed by atoms with Gasteiger partial charge in [-0.2, -0.15) is 4.98 Å². The molecule has 1 fully saturated rings. The van der Waals surface area contributed by atoms with Gasteiger partial charge in [0.2, 0.25) is 11.7 Å². The fraction of sp³-hybridized carbons (Fsp3) is 0.318. The molecule has 1 aliphatic rings. The summed E-state index contributed by atoms with van der Waals surface area (Å²) in [4.78, 5) is 19.3. The van der Waals surface area contributed by atoms with Crippen LogP contribution in [-0.2, 0) is 0 Å². The van der Waals surface area contributed by atoms with Crippen molar-refractivity contribution in [2.24, 2.45) is 0 Å². The van der Waals surface area contributed by atoms with E-state index < -0.39 is 0 Å². The van der Waals surface area contributed by atoms with Gasteiger partial charge in [0.1, 0.15) is 11.8 Å². The molecule has 7 heteroatoms. The highest BCUT2D eigenvalue weighted by Gasteiger charge is 2.32. The van der Waals surface area contributed by atoms with E-state index >= 15 is 0 Å². The topological polar surface area (TPSA) is 80.5 Å². The second-order valence-corrected chi connectivity index (χ2v) is 7.19. The third-order valence-electron chi connectivity index (χ3n) is 5.09. The number of methoxy groups -OCH3 is 1. The van der Waals surface area contributed by atoms with Crippen LogP contribution in [0.5, 0.6) is 5.75 Å². The number of nitrogens with one attached hydrogen (secondary N) is 1. The second-order valence-electron chi connectivity index (χ2n) is 7.19. The van der Waals surface area contributed by atoms with Gasteiger partial charge in [0.15, 0.2) is 0 Å². The van der Waals surface area contributed by atoms with Gasteiger partial charge in [-0.1, -0.05) is 35.0 Å². The summed E-state index contributed by atoms with van der Waals surface area (Å²) in [5.41, 5.74) is 2.72. The minimum absolute atomic E-state index is 0.182. The Balaban J connectivity index is 1.54. The van der Waals surface area contributed by atoms with Crippen LogP contribution in [0.25, 0.3) is 11.4 Å². The highest BCUT2D eigenvalue weighted by Crippen LogP contribution is 2.32. The summed E-state index contributed by atoms with van der Waals surface area (Å²) in [5.74, 6) is 1.71. The molecule has 3 aromatic rings. The van der Waals surface area contributed by atoms with Crippen molar-refractivity contribution in [1.82, 2.24) is 15.0 Å². The van der Waals surface area contributed by atoms with E-state index in [0.29, 0.717) is 29.7 Å². The number of rotatable bonds is 4. The molecule has 2 heterocycles. The maximum atomic E-state index is 13.0. The molecular formula is C22H24N4O3. The van der Waals surface area contributed by atoms with Gasteiger partial charge in [0.25, 0.3) is 0 Å². The van der Waals surface area contributed by atoms with Gasteiger partial charge in [-0.25, -0.2) is 4.79 Å². The molecule has 2 aromatic carbocycles.